The summed E-state index contributed by atoms with van der Waals surface area (Å²) in [6.45, 7) is 7.09. The van der Waals surface area contributed by atoms with Gasteiger partial charge in [0.2, 0.25) is 17.7 Å². The summed E-state index contributed by atoms with van der Waals surface area (Å²) in [6, 6.07) is 4.00. The highest BCUT2D eigenvalue weighted by Crippen LogP contribution is 2.24. The van der Waals surface area contributed by atoms with Crippen LogP contribution in [0.4, 0.5) is 10.5 Å². The number of carbonyl (C=O) groups excluding carboxylic acids is 4. The summed E-state index contributed by atoms with van der Waals surface area (Å²) in [7, 11) is 0. The molecule has 12 nitrogen and oxygen atoms in total. The van der Waals surface area contributed by atoms with Crippen molar-refractivity contribution in [1.82, 2.24) is 25.2 Å². The molecule has 2 aromatic heterocycles. The average molecular weight is 541 g/mol. The maximum absolute atomic E-state index is 13.3. The number of thiazole rings is 1. The Bertz CT molecular complexity index is 1490. The highest BCUT2D eigenvalue weighted by Gasteiger charge is 2.30. The van der Waals surface area contributed by atoms with Gasteiger partial charge >= 0.3 is 6.09 Å². The number of fused-ring (bicyclic) bond motifs is 1. The average Bonchev–Trinajstić information content (AvgIpc) is 3.25. The van der Waals surface area contributed by atoms with Gasteiger partial charge in [-0.2, -0.15) is 0 Å². The molecule has 1 fully saturated rings. The minimum atomic E-state index is -0.834. The van der Waals surface area contributed by atoms with E-state index in [2.05, 4.69) is 25.9 Å². The van der Waals surface area contributed by atoms with Crippen LogP contribution >= 0.6 is 11.3 Å². The molecule has 1 saturated heterocycles. The van der Waals surface area contributed by atoms with Crippen molar-refractivity contribution in [2.75, 3.05) is 5.32 Å². The van der Waals surface area contributed by atoms with E-state index in [0.29, 0.717) is 27.7 Å². The molecule has 0 bridgehead atoms. The molecule has 0 aliphatic carbocycles. The largest absolute Gasteiger partial charge is 0.444 e. The lowest BCUT2D eigenvalue weighted by Crippen LogP contribution is -2.45. The summed E-state index contributed by atoms with van der Waals surface area (Å²) in [6.07, 6.45) is -0.238. The van der Waals surface area contributed by atoms with Gasteiger partial charge in [-0.05, 0) is 46.2 Å². The normalized spacial score (nSPS) is 15.7. The Kier molecular flexibility index (Phi) is 7.58. The van der Waals surface area contributed by atoms with Gasteiger partial charge < -0.3 is 15.4 Å². The van der Waals surface area contributed by atoms with Crippen molar-refractivity contribution < 1.29 is 23.9 Å². The van der Waals surface area contributed by atoms with Crippen LogP contribution in [0.3, 0.4) is 0 Å². The Hall–Kier alpha value is -4.13. The lowest BCUT2D eigenvalue weighted by Gasteiger charge is -2.24. The zero-order chi connectivity index (χ0) is 27.6. The second kappa shape index (κ2) is 10.7. The van der Waals surface area contributed by atoms with E-state index >= 15 is 0 Å². The minimum Gasteiger partial charge on any atom is -0.444 e. The van der Waals surface area contributed by atoms with Gasteiger partial charge in [-0.1, -0.05) is 6.07 Å². The highest BCUT2D eigenvalue weighted by atomic mass is 32.1. The number of amides is 4. The first kappa shape index (κ1) is 26.9. The molecule has 4 amide bonds. The van der Waals surface area contributed by atoms with Gasteiger partial charge in [0.15, 0.2) is 0 Å². The Labute approximate surface area is 221 Å². The Morgan fingerprint density at radius 3 is 2.68 bits per heavy atom. The number of para-hydroxylation sites is 1. The number of hydrogen-bond donors (Lipinski definition) is 3. The summed E-state index contributed by atoms with van der Waals surface area (Å²) in [5.41, 5.74) is 0.138. The van der Waals surface area contributed by atoms with Crippen molar-refractivity contribution in [1.29, 1.82) is 0 Å². The molecule has 1 unspecified atom stereocenters. The van der Waals surface area contributed by atoms with Gasteiger partial charge in [-0.15, -0.1) is 11.3 Å². The predicted molar refractivity (Wildman–Crippen MR) is 140 cm³/mol. The molecule has 1 aromatic carbocycles. The molecular weight excluding hydrogens is 512 g/mol. The molecule has 38 heavy (non-hydrogen) atoms. The minimum absolute atomic E-state index is 0.0222. The van der Waals surface area contributed by atoms with E-state index in [1.54, 1.807) is 51.3 Å². The fraction of sp³-hybridized carbons (Fsp3) is 0.400. The molecule has 1 aliphatic heterocycles. The number of hydrogen-bond acceptors (Lipinski definition) is 9. The van der Waals surface area contributed by atoms with Crippen LogP contribution in [0, 0.1) is 6.92 Å². The van der Waals surface area contributed by atoms with Crippen molar-refractivity contribution >= 4 is 51.7 Å². The lowest BCUT2D eigenvalue weighted by molar-refractivity contribution is -0.135. The fourth-order valence-electron chi connectivity index (χ4n) is 4.06. The number of nitrogens with zero attached hydrogens (tertiary/aromatic N) is 3. The monoisotopic (exact) mass is 540 g/mol. The molecule has 3 heterocycles. The third-order valence-corrected chi connectivity index (χ3v) is 6.52. The van der Waals surface area contributed by atoms with Crippen molar-refractivity contribution in [3.05, 3.63) is 50.5 Å². The Morgan fingerprint density at radius 1 is 1.21 bits per heavy atom. The maximum atomic E-state index is 13.3. The molecule has 4 rings (SSSR count). The van der Waals surface area contributed by atoms with Gasteiger partial charge in [0.1, 0.15) is 28.0 Å². The summed E-state index contributed by atoms with van der Waals surface area (Å²) < 4.78 is 6.49. The van der Waals surface area contributed by atoms with E-state index in [0.717, 1.165) is 0 Å². The van der Waals surface area contributed by atoms with Crippen molar-refractivity contribution in [3.8, 4) is 0 Å². The van der Waals surface area contributed by atoms with E-state index in [1.165, 1.54) is 15.9 Å². The van der Waals surface area contributed by atoms with Crippen molar-refractivity contribution in [2.24, 2.45) is 0 Å². The standard InChI is InChI=1S/C25H28N6O6S/c1-13-27-21-15(23(35)31(13)17-8-9-18(32)30-22(17)34)6-5-7-16(21)29-19(33)10-14-12-38-20(28-14)11-26-24(36)37-25(2,3)4/h5-7,12,17H,8-11H2,1-4H3,(H,26,36)(H,29,33)(H,30,32,34). The first-order valence-corrected chi connectivity index (χ1v) is 12.8. The van der Waals surface area contributed by atoms with E-state index < -0.39 is 29.2 Å². The van der Waals surface area contributed by atoms with Crippen molar-refractivity contribution in [3.63, 3.8) is 0 Å². The number of nitrogens with one attached hydrogen (secondary N) is 3. The van der Waals surface area contributed by atoms with Gasteiger partial charge in [0.25, 0.3) is 5.56 Å². The van der Waals surface area contributed by atoms with Gasteiger partial charge in [0, 0.05) is 11.8 Å². The van der Waals surface area contributed by atoms with E-state index in [9.17, 15) is 24.0 Å². The molecular formula is C25H28N6O6S. The number of alkyl carbamates (subject to hydrolysis) is 1. The van der Waals surface area contributed by atoms with Crippen LogP contribution in [-0.2, 0) is 32.1 Å². The van der Waals surface area contributed by atoms with Crippen LogP contribution in [0.15, 0.2) is 28.4 Å². The van der Waals surface area contributed by atoms with E-state index in [1.807, 2.05) is 0 Å². The van der Waals surface area contributed by atoms with Gasteiger partial charge in [0.05, 0.1) is 29.7 Å². The number of ether oxygens (including phenoxy) is 1. The molecule has 3 aromatic rings. The van der Waals surface area contributed by atoms with Crippen molar-refractivity contribution in [2.45, 2.75) is 65.1 Å². The van der Waals surface area contributed by atoms with Crippen LogP contribution < -0.4 is 21.5 Å². The van der Waals surface area contributed by atoms with E-state index in [-0.39, 0.29) is 43.0 Å². The molecule has 3 N–H and O–H groups in total. The summed E-state index contributed by atoms with van der Waals surface area (Å²) in [5, 5.41) is 10.3. The second-order valence-corrected chi connectivity index (χ2v) is 10.8. The maximum Gasteiger partial charge on any atom is 0.408 e. The number of imide groups is 1. The Morgan fingerprint density at radius 2 is 1.97 bits per heavy atom. The van der Waals surface area contributed by atoms with Gasteiger partial charge in [-0.25, -0.2) is 14.8 Å². The summed E-state index contributed by atoms with van der Waals surface area (Å²) in [4.78, 5) is 70.7. The number of aryl methyl sites for hydroxylation is 1. The Balaban J connectivity index is 1.46. The quantitative estimate of drug-likeness (QED) is 0.402. The molecule has 1 aliphatic rings. The predicted octanol–water partition coefficient (Wildman–Crippen LogP) is 2.35. The molecule has 1 atom stereocenters. The van der Waals surface area contributed by atoms with Gasteiger partial charge in [-0.3, -0.25) is 29.1 Å². The number of carbonyl (C=O) groups is 4. The number of aromatic nitrogens is 3. The number of rotatable bonds is 6. The van der Waals surface area contributed by atoms with Crippen LogP contribution in [0.2, 0.25) is 0 Å². The molecule has 0 spiro atoms. The topological polar surface area (TPSA) is 161 Å². The third kappa shape index (κ3) is 6.22. The molecule has 0 radical (unpaired) electrons. The third-order valence-electron chi connectivity index (χ3n) is 5.63. The first-order valence-electron chi connectivity index (χ1n) is 12.0. The zero-order valence-corrected chi connectivity index (χ0v) is 22.2. The smallest absolute Gasteiger partial charge is 0.408 e. The van der Waals surface area contributed by atoms with Crippen LogP contribution in [0.25, 0.3) is 10.9 Å². The SMILES string of the molecule is Cc1nc2c(NC(=O)Cc3csc(CNC(=O)OC(C)(C)C)n3)cccc2c(=O)n1C1CCC(=O)NC1=O. The first-order chi connectivity index (χ1) is 17.9. The van der Waals surface area contributed by atoms with Crippen LogP contribution in [-0.4, -0.2) is 44.0 Å². The molecule has 200 valence electrons. The summed E-state index contributed by atoms with van der Waals surface area (Å²) >= 11 is 1.31. The summed E-state index contributed by atoms with van der Waals surface area (Å²) in [5.74, 6) is -0.980. The van der Waals surface area contributed by atoms with Crippen LogP contribution in [0.5, 0.6) is 0 Å². The molecule has 0 saturated carbocycles. The van der Waals surface area contributed by atoms with E-state index in [4.69, 9.17) is 4.74 Å². The molecule has 13 heteroatoms. The number of piperidine rings is 1. The fourth-order valence-corrected chi connectivity index (χ4v) is 4.79. The van der Waals surface area contributed by atoms with Crippen LogP contribution in [0.1, 0.15) is 56.2 Å². The lowest BCUT2D eigenvalue weighted by atomic mass is 10.1. The highest BCUT2D eigenvalue weighted by molar-refractivity contribution is 7.09. The zero-order valence-electron chi connectivity index (χ0n) is 21.4. The second-order valence-electron chi connectivity index (χ2n) is 9.82. The number of anilines is 1. The number of benzene rings is 1.